The molecule has 0 aliphatic carbocycles. The molecule has 0 spiro atoms. The molecule has 1 aliphatic rings. The summed E-state index contributed by atoms with van der Waals surface area (Å²) in [6.45, 7) is 6.35. The van der Waals surface area contributed by atoms with E-state index >= 15 is 0 Å². The number of amides is 1. The highest BCUT2D eigenvalue weighted by Gasteiger charge is 2.22. The highest BCUT2D eigenvalue weighted by molar-refractivity contribution is 6.29. The van der Waals surface area contributed by atoms with Gasteiger partial charge in [0.1, 0.15) is 22.8 Å². The van der Waals surface area contributed by atoms with Crippen LogP contribution in [0.5, 0.6) is 0 Å². The Kier molecular flexibility index (Phi) is 5.76. The molecule has 1 fully saturated rings. The molecule has 1 unspecified atom stereocenters. The van der Waals surface area contributed by atoms with Crippen LogP contribution in [-0.2, 0) is 16.0 Å². The van der Waals surface area contributed by atoms with Crippen LogP contribution in [0.4, 0.5) is 5.82 Å². The topological polar surface area (TPSA) is 67.4 Å². The third kappa shape index (κ3) is 4.54. The van der Waals surface area contributed by atoms with E-state index in [9.17, 15) is 4.79 Å². The lowest BCUT2D eigenvalue weighted by molar-refractivity contribution is -0.135. The van der Waals surface area contributed by atoms with E-state index < -0.39 is 0 Å². The van der Waals surface area contributed by atoms with Crippen molar-refractivity contribution < 1.29 is 9.53 Å². The number of halogens is 1. The molecular formula is C14H21ClN4O2. The molecule has 1 saturated heterocycles. The fraction of sp³-hybridized carbons (Fsp3) is 0.643. The number of morpholine rings is 1. The lowest BCUT2D eigenvalue weighted by atomic mass is 10.2. The number of ether oxygens (including phenoxy) is 1. The fourth-order valence-electron chi connectivity index (χ4n) is 2.22. The van der Waals surface area contributed by atoms with Crippen molar-refractivity contribution in [2.24, 2.45) is 0 Å². The maximum Gasteiger partial charge on any atom is 0.244 e. The van der Waals surface area contributed by atoms with Crippen LogP contribution in [0.25, 0.3) is 0 Å². The molecule has 0 aromatic carbocycles. The zero-order valence-electron chi connectivity index (χ0n) is 12.4. The molecule has 7 heteroatoms. The second-order valence-electron chi connectivity index (χ2n) is 5.05. The Morgan fingerprint density at radius 1 is 1.48 bits per heavy atom. The first kappa shape index (κ1) is 16.0. The van der Waals surface area contributed by atoms with Crippen LogP contribution in [0.1, 0.15) is 26.1 Å². The highest BCUT2D eigenvalue weighted by Crippen LogP contribution is 2.14. The van der Waals surface area contributed by atoms with Crippen molar-refractivity contribution in [1.82, 2.24) is 14.9 Å². The Morgan fingerprint density at radius 3 is 2.86 bits per heavy atom. The van der Waals surface area contributed by atoms with Gasteiger partial charge in [-0.15, -0.1) is 0 Å². The van der Waals surface area contributed by atoms with Gasteiger partial charge in [-0.3, -0.25) is 4.79 Å². The van der Waals surface area contributed by atoms with Gasteiger partial charge in [0.15, 0.2) is 0 Å². The molecule has 1 aliphatic heterocycles. The maximum absolute atomic E-state index is 12.3. The molecule has 21 heavy (non-hydrogen) atoms. The summed E-state index contributed by atoms with van der Waals surface area (Å²) in [5, 5.41) is 3.50. The standard InChI is InChI=1S/C14H21ClN4O2/c1-3-4-12-17-11(15)9-13(18-12)16-10(2)14(20)19-5-7-21-8-6-19/h9-10H,3-8H2,1-2H3,(H,16,17,18). The molecule has 0 bridgehead atoms. The normalized spacial score (nSPS) is 16.6. The van der Waals surface area contributed by atoms with Crippen molar-refractivity contribution in [3.8, 4) is 0 Å². The predicted molar refractivity (Wildman–Crippen MR) is 81.5 cm³/mol. The molecule has 1 aromatic heterocycles. The summed E-state index contributed by atoms with van der Waals surface area (Å²) in [5.74, 6) is 1.33. The number of nitrogens with one attached hydrogen (secondary N) is 1. The van der Waals surface area contributed by atoms with Crippen molar-refractivity contribution >= 4 is 23.3 Å². The summed E-state index contributed by atoms with van der Waals surface area (Å²) in [4.78, 5) is 22.7. The second-order valence-corrected chi connectivity index (χ2v) is 5.43. The van der Waals surface area contributed by atoms with Crippen LogP contribution in [0.3, 0.4) is 0 Å². The van der Waals surface area contributed by atoms with Crippen molar-refractivity contribution in [1.29, 1.82) is 0 Å². The summed E-state index contributed by atoms with van der Waals surface area (Å²) in [7, 11) is 0. The van der Waals surface area contributed by atoms with Gasteiger partial charge >= 0.3 is 0 Å². The first-order valence-electron chi connectivity index (χ1n) is 7.26. The van der Waals surface area contributed by atoms with E-state index in [-0.39, 0.29) is 11.9 Å². The van der Waals surface area contributed by atoms with E-state index in [0.717, 1.165) is 12.8 Å². The number of aryl methyl sites for hydroxylation is 1. The number of anilines is 1. The van der Waals surface area contributed by atoms with Crippen LogP contribution < -0.4 is 5.32 Å². The Balaban J connectivity index is 2.01. The van der Waals surface area contributed by atoms with E-state index in [4.69, 9.17) is 16.3 Å². The second kappa shape index (κ2) is 7.56. The number of hydrogen-bond acceptors (Lipinski definition) is 5. The highest BCUT2D eigenvalue weighted by atomic mass is 35.5. The molecular weight excluding hydrogens is 292 g/mol. The van der Waals surface area contributed by atoms with E-state index in [1.807, 2.05) is 6.92 Å². The minimum absolute atomic E-state index is 0.0464. The Labute approximate surface area is 129 Å². The number of aromatic nitrogens is 2. The number of nitrogens with zero attached hydrogens (tertiary/aromatic N) is 3. The zero-order valence-corrected chi connectivity index (χ0v) is 13.2. The van der Waals surface area contributed by atoms with Gasteiger partial charge in [0, 0.05) is 25.6 Å². The van der Waals surface area contributed by atoms with Gasteiger partial charge < -0.3 is 15.0 Å². The maximum atomic E-state index is 12.3. The van der Waals surface area contributed by atoms with Gasteiger partial charge in [-0.05, 0) is 13.3 Å². The molecule has 6 nitrogen and oxygen atoms in total. The first-order chi connectivity index (χ1) is 10.1. The zero-order chi connectivity index (χ0) is 15.2. The summed E-state index contributed by atoms with van der Waals surface area (Å²) < 4.78 is 5.25. The third-order valence-electron chi connectivity index (χ3n) is 3.27. The monoisotopic (exact) mass is 312 g/mol. The van der Waals surface area contributed by atoms with Crippen LogP contribution in [0.2, 0.25) is 5.15 Å². The van der Waals surface area contributed by atoms with Gasteiger partial charge in [0.2, 0.25) is 5.91 Å². The number of rotatable bonds is 5. The molecule has 1 aromatic rings. The number of carbonyl (C=O) groups is 1. The number of carbonyl (C=O) groups excluding carboxylic acids is 1. The van der Waals surface area contributed by atoms with Crippen LogP contribution >= 0.6 is 11.6 Å². The lowest BCUT2D eigenvalue weighted by Gasteiger charge is -2.29. The van der Waals surface area contributed by atoms with E-state index in [1.54, 1.807) is 11.0 Å². The van der Waals surface area contributed by atoms with Gasteiger partial charge in [-0.1, -0.05) is 18.5 Å². The average molecular weight is 313 g/mol. The Bertz CT molecular complexity index is 492. The molecule has 2 rings (SSSR count). The van der Waals surface area contributed by atoms with Gasteiger partial charge in [-0.25, -0.2) is 9.97 Å². The molecule has 116 valence electrons. The summed E-state index contributed by atoms with van der Waals surface area (Å²) >= 11 is 5.99. The minimum atomic E-state index is -0.358. The van der Waals surface area contributed by atoms with Crippen LogP contribution in [-0.4, -0.2) is 53.1 Å². The first-order valence-corrected chi connectivity index (χ1v) is 7.64. The quantitative estimate of drug-likeness (QED) is 0.839. The van der Waals surface area contributed by atoms with Gasteiger partial charge in [0.05, 0.1) is 13.2 Å². The van der Waals surface area contributed by atoms with E-state index in [0.29, 0.717) is 43.1 Å². The van der Waals surface area contributed by atoms with Crippen LogP contribution in [0.15, 0.2) is 6.07 Å². The van der Waals surface area contributed by atoms with Crippen molar-refractivity contribution in [3.05, 3.63) is 17.0 Å². The van der Waals surface area contributed by atoms with Gasteiger partial charge in [-0.2, -0.15) is 0 Å². The van der Waals surface area contributed by atoms with Crippen molar-refractivity contribution in [3.63, 3.8) is 0 Å². The average Bonchev–Trinajstić information content (AvgIpc) is 2.47. The summed E-state index contributed by atoms with van der Waals surface area (Å²) in [5.41, 5.74) is 0. The summed E-state index contributed by atoms with van der Waals surface area (Å²) in [6.07, 6.45) is 1.71. The number of hydrogen-bond donors (Lipinski definition) is 1. The Hall–Kier alpha value is -1.40. The third-order valence-corrected chi connectivity index (χ3v) is 3.47. The largest absolute Gasteiger partial charge is 0.378 e. The van der Waals surface area contributed by atoms with E-state index in [2.05, 4.69) is 22.2 Å². The minimum Gasteiger partial charge on any atom is -0.378 e. The molecule has 1 N–H and O–H groups in total. The summed E-state index contributed by atoms with van der Waals surface area (Å²) in [6, 6.07) is 1.28. The molecule has 1 atom stereocenters. The smallest absolute Gasteiger partial charge is 0.244 e. The van der Waals surface area contributed by atoms with Crippen molar-refractivity contribution in [2.45, 2.75) is 32.7 Å². The van der Waals surface area contributed by atoms with Crippen molar-refractivity contribution in [2.75, 3.05) is 31.6 Å². The lowest BCUT2D eigenvalue weighted by Crippen LogP contribution is -2.47. The molecule has 1 amide bonds. The Morgan fingerprint density at radius 2 is 2.19 bits per heavy atom. The SMILES string of the molecule is CCCc1nc(Cl)cc(NC(C)C(=O)N2CCOCC2)n1. The fourth-order valence-corrected chi connectivity index (χ4v) is 2.42. The van der Waals surface area contributed by atoms with Gasteiger partial charge in [0.25, 0.3) is 0 Å². The predicted octanol–water partition coefficient (Wildman–Crippen LogP) is 1.74. The molecule has 2 heterocycles. The van der Waals surface area contributed by atoms with E-state index in [1.165, 1.54) is 0 Å². The molecule has 0 radical (unpaired) electrons. The molecule has 0 saturated carbocycles. The van der Waals surface area contributed by atoms with Crippen LogP contribution in [0, 0.1) is 0 Å².